The second kappa shape index (κ2) is 9.86. The van der Waals surface area contributed by atoms with E-state index >= 15 is 0 Å². The normalized spacial score (nSPS) is 27.1. The molecule has 176 valence electrons. The lowest BCUT2D eigenvalue weighted by Gasteiger charge is -2.51. The Balaban J connectivity index is 1.60. The molecule has 1 saturated carbocycles. The average Bonchev–Trinajstić information content (AvgIpc) is 2.82. The minimum absolute atomic E-state index is 0.0630. The predicted octanol–water partition coefficient (Wildman–Crippen LogP) is 4.99. The summed E-state index contributed by atoms with van der Waals surface area (Å²) in [5.41, 5.74) is 1.06. The van der Waals surface area contributed by atoms with E-state index in [0.717, 1.165) is 31.2 Å². The predicted molar refractivity (Wildman–Crippen MR) is 130 cm³/mol. The van der Waals surface area contributed by atoms with E-state index < -0.39 is 11.5 Å². The molecule has 4 rings (SSSR count). The van der Waals surface area contributed by atoms with Gasteiger partial charge in [0.2, 0.25) is 5.91 Å². The number of halogens is 1. The summed E-state index contributed by atoms with van der Waals surface area (Å²) in [6, 6.07) is 16.3. The Morgan fingerprint density at radius 1 is 1.00 bits per heavy atom. The Kier molecular flexibility index (Phi) is 7.10. The van der Waals surface area contributed by atoms with Gasteiger partial charge in [-0.05, 0) is 49.1 Å². The first kappa shape index (κ1) is 23.8. The molecule has 1 heterocycles. The largest absolute Gasteiger partial charge is 0.392 e. The highest BCUT2D eigenvalue weighted by molar-refractivity contribution is 6.30. The molecule has 2 aromatic carbocycles. The van der Waals surface area contributed by atoms with Gasteiger partial charge in [-0.25, -0.2) is 0 Å². The molecule has 1 unspecified atom stereocenters. The van der Waals surface area contributed by atoms with Crippen LogP contribution in [0.15, 0.2) is 54.6 Å². The van der Waals surface area contributed by atoms with Crippen LogP contribution in [0.2, 0.25) is 5.02 Å². The van der Waals surface area contributed by atoms with Crippen molar-refractivity contribution >= 4 is 23.4 Å². The molecule has 33 heavy (non-hydrogen) atoms. The number of nitrogens with zero attached hydrogens (tertiary/aromatic N) is 1. The van der Waals surface area contributed by atoms with E-state index in [1.165, 1.54) is 0 Å². The molecule has 0 radical (unpaired) electrons. The van der Waals surface area contributed by atoms with Crippen LogP contribution in [0.4, 0.5) is 0 Å². The zero-order valence-corrected chi connectivity index (χ0v) is 20.1. The van der Waals surface area contributed by atoms with Crippen LogP contribution in [-0.4, -0.2) is 40.5 Å². The maximum absolute atomic E-state index is 14.0. The zero-order chi connectivity index (χ0) is 23.6. The molecule has 0 bridgehead atoms. The minimum Gasteiger partial charge on any atom is -0.392 e. The maximum atomic E-state index is 14.0. The van der Waals surface area contributed by atoms with Crippen molar-refractivity contribution in [1.29, 1.82) is 0 Å². The fourth-order valence-corrected chi connectivity index (χ4v) is 5.62. The number of rotatable bonds is 4. The molecule has 5 nitrogen and oxygen atoms in total. The van der Waals surface area contributed by atoms with E-state index in [-0.39, 0.29) is 29.8 Å². The molecule has 1 aliphatic heterocycles. The number of aliphatic hydroxyl groups excluding tert-OH is 1. The molecule has 2 aromatic rings. The maximum Gasteiger partial charge on any atom is 0.251 e. The molecule has 1 saturated heterocycles. The van der Waals surface area contributed by atoms with Gasteiger partial charge in [-0.3, -0.25) is 9.59 Å². The Bertz CT molecular complexity index is 977. The number of hydrogen-bond donors (Lipinski definition) is 2. The summed E-state index contributed by atoms with van der Waals surface area (Å²) in [5.74, 6) is -0.343. The number of likely N-dealkylation sites (tertiary alicyclic amines) is 1. The van der Waals surface area contributed by atoms with Crippen LogP contribution >= 0.6 is 11.6 Å². The Morgan fingerprint density at radius 3 is 2.36 bits per heavy atom. The molecule has 2 N–H and O–H groups in total. The fourth-order valence-electron chi connectivity index (χ4n) is 5.49. The van der Waals surface area contributed by atoms with E-state index in [9.17, 15) is 14.7 Å². The lowest BCUT2D eigenvalue weighted by molar-refractivity contribution is -0.152. The monoisotopic (exact) mass is 468 g/mol. The van der Waals surface area contributed by atoms with Gasteiger partial charge in [-0.15, -0.1) is 0 Å². The average molecular weight is 469 g/mol. The van der Waals surface area contributed by atoms with Crippen molar-refractivity contribution in [3.8, 4) is 0 Å². The van der Waals surface area contributed by atoms with Gasteiger partial charge in [-0.2, -0.15) is 0 Å². The first-order valence-electron chi connectivity index (χ1n) is 11.9. The molecule has 1 aliphatic carbocycles. The lowest BCUT2D eigenvalue weighted by atomic mass is 9.70. The van der Waals surface area contributed by atoms with E-state index in [1.807, 2.05) is 61.2 Å². The van der Waals surface area contributed by atoms with Crippen LogP contribution < -0.4 is 5.32 Å². The van der Waals surface area contributed by atoms with E-state index in [0.29, 0.717) is 23.6 Å². The first-order chi connectivity index (χ1) is 15.8. The highest BCUT2D eigenvalue weighted by Gasteiger charge is 2.48. The lowest BCUT2D eigenvalue weighted by Crippen LogP contribution is -2.57. The van der Waals surface area contributed by atoms with Gasteiger partial charge in [-0.1, -0.05) is 68.6 Å². The van der Waals surface area contributed by atoms with Crippen molar-refractivity contribution in [2.75, 3.05) is 6.54 Å². The molecule has 4 atom stereocenters. The van der Waals surface area contributed by atoms with E-state index in [1.54, 1.807) is 12.1 Å². The summed E-state index contributed by atoms with van der Waals surface area (Å²) in [6.45, 7) is 4.53. The van der Waals surface area contributed by atoms with Crippen molar-refractivity contribution in [3.63, 3.8) is 0 Å². The highest BCUT2D eigenvalue weighted by atomic mass is 35.5. The molecule has 2 fully saturated rings. The second-order valence-corrected chi connectivity index (χ2v) is 10.4. The molecule has 6 heteroatoms. The Hall–Kier alpha value is -2.37. The van der Waals surface area contributed by atoms with Crippen molar-refractivity contribution in [2.24, 2.45) is 11.3 Å². The van der Waals surface area contributed by atoms with Crippen molar-refractivity contribution < 1.29 is 14.7 Å². The second-order valence-electron chi connectivity index (χ2n) is 9.95. The number of benzene rings is 2. The summed E-state index contributed by atoms with van der Waals surface area (Å²) in [5, 5.41) is 14.6. The quantitative estimate of drug-likeness (QED) is 0.664. The van der Waals surface area contributed by atoms with Gasteiger partial charge in [0.1, 0.15) is 0 Å². The van der Waals surface area contributed by atoms with Crippen molar-refractivity contribution in [3.05, 3.63) is 70.7 Å². The minimum atomic E-state index is -0.515. The third-order valence-corrected chi connectivity index (χ3v) is 7.68. The number of hydrogen-bond acceptors (Lipinski definition) is 3. The third kappa shape index (κ3) is 4.95. The highest BCUT2D eigenvalue weighted by Crippen LogP contribution is 2.46. The molecular formula is C27H33ClN2O3. The topological polar surface area (TPSA) is 69.6 Å². The summed E-state index contributed by atoms with van der Waals surface area (Å²) < 4.78 is 0. The summed E-state index contributed by atoms with van der Waals surface area (Å²) in [4.78, 5) is 28.8. The van der Waals surface area contributed by atoms with Crippen molar-refractivity contribution in [2.45, 2.75) is 64.1 Å². The number of carbonyl (C=O) groups excluding carboxylic acids is 2. The zero-order valence-electron chi connectivity index (χ0n) is 19.3. The number of nitrogens with one attached hydrogen (secondary N) is 1. The molecular weight excluding hydrogens is 436 g/mol. The number of piperidine rings is 1. The van der Waals surface area contributed by atoms with Crippen LogP contribution in [-0.2, 0) is 4.79 Å². The molecule has 2 amide bonds. The smallest absolute Gasteiger partial charge is 0.251 e. The molecule has 2 aliphatic rings. The van der Waals surface area contributed by atoms with Crippen LogP contribution in [0.25, 0.3) is 0 Å². The van der Waals surface area contributed by atoms with E-state index in [2.05, 4.69) is 5.32 Å². The number of amides is 2. The van der Waals surface area contributed by atoms with Crippen LogP contribution in [0.3, 0.4) is 0 Å². The fraction of sp³-hybridized carbons (Fsp3) is 0.481. The standard InChI is InChI=1S/C27H33ClN2O3/c1-27(2)23(31)16-17-30(24(27)18-12-14-20(28)15-13-18)26(33)21-10-6-7-11-22(21)29-25(32)19-8-4-3-5-9-19/h3-5,8-9,12-15,21-24,31H,6-7,10-11,16-17H2,1-2H3,(H,29,32)/t21-,22+,23?,24-/m0/s1. The van der Waals surface area contributed by atoms with E-state index in [4.69, 9.17) is 11.6 Å². The summed E-state index contributed by atoms with van der Waals surface area (Å²) >= 11 is 6.12. The Morgan fingerprint density at radius 2 is 1.67 bits per heavy atom. The third-order valence-electron chi connectivity index (χ3n) is 7.42. The van der Waals surface area contributed by atoms with Gasteiger partial charge in [0.25, 0.3) is 5.91 Å². The Labute approximate surface area is 201 Å². The van der Waals surface area contributed by atoms with Gasteiger partial charge < -0.3 is 15.3 Å². The first-order valence-corrected chi connectivity index (χ1v) is 12.3. The summed E-state index contributed by atoms with van der Waals surface area (Å²) in [7, 11) is 0. The number of carbonyl (C=O) groups is 2. The van der Waals surface area contributed by atoms with Crippen LogP contribution in [0.1, 0.15) is 67.9 Å². The van der Waals surface area contributed by atoms with Gasteiger partial charge in [0.05, 0.1) is 18.1 Å². The van der Waals surface area contributed by atoms with Gasteiger partial charge >= 0.3 is 0 Å². The van der Waals surface area contributed by atoms with Crippen molar-refractivity contribution in [1.82, 2.24) is 10.2 Å². The van der Waals surface area contributed by atoms with Gasteiger partial charge in [0, 0.05) is 28.6 Å². The summed E-state index contributed by atoms with van der Waals surface area (Å²) in [6.07, 6.45) is 3.54. The SMILES string of the molecule is CC1(C)C(O)CCN(C(=O)[C@H]2CCCC[C@H]2NC(=O)c2ccccc2)[C@H]1c1ccc(Cl)cc1. The molecule has 0 aromatic heterocycles. The number of aliphatic hydroxyl groups is 1. The van der Waals surface area contributed by atoms with Crippen LogP contribution in [0.5, 0.6) is 0 Å². The van der Waals surface area contributed by atoms with Gasteiger partial charge in [0.15, 0.2) is 0 Å². The molecule has 0 spiro atoms. The van der Waals surface area contributed by atoms with Crippen LogP contribution in [0, 0.1) is 11.3 Å².